The molecule has 0 spiro atoms. The van der Waals surface area contributed by atoms with E-state index in [1.54, 1.807) is 12.1 Å². The maximum absolute atomic E-state index is 12.9. The van der Waals surface area contributed by atoms with Crippen LogP contribution in [0.2, 0.25) is 0 Å². The summed E-state index contributed by atoms with van der Waals surface area (Å²) in [6.07, 6.45) is -2.82. The molecule has 15 heteroatoms. The van der Waals surface area contributed by atoms with Crippen LogP contribution in [0.4, 0.5) is 0 Å². The normalized spacial score (nSPS) is 14.8. The highest BCUT2D eigenvalue weighted by atomic mass is 16.4. The fourth-order valence-corrected chi connectivity index (χ4v) is 3.13. The zero-order valence-electron chi connectivity index (χ0n) is 20.0. The molecule has 1 aromatic rings. The standard InChI is InChI=1S/C22H32N6O9/c1-10(29)18(21(35)27-15(22(36)37)9-17(25)32)28-20(34)14(6-7-16(24)31)26-19(33)13(23)8-11-2-4-12(30)5-3-11/h2-5,10,13-15,18,29-30H,6-9,23H2,1H3,(H2,24,31)(H2,25,32)(H,26,33)(H,27,35)(H,28,34)(H,36,37). The van der Waals surface area contributed by atoms with Gasteiger partial charge in [0.25, 0.3) is 0 Å². The van der Waals surface area contributed by atoms with E-state index in [9.17, 15) is 39.0 Å². The molecular formula is C22H32N6O9. The van der Waals surface area contributed by atoms with Crippen molar-refractivity contribution in [3.8, 4) is 5.75 Å². The average Bonchev–Trinajstić information content (AvgIpc) is 2.79. The number of phenols is 1. The lowest BCUT2D eigenvalue weighted by atomic mass is 10.0. The third-order valence-corrected chi connectivity index (χ3v) is 5.12. The van der Waals surface area contributed by atoms with Crippen molar-refractivity contribution in [1.82, 2.24) is 16.0 Å². The van der Waals surface area contributed by atoms with Crippen LogP contribution in [0.15, 0.2) is 24.3 Å². The number of carbonyl (C=O) groups is 6. The number of amides is 5. The number of aliphatic hydroxyl groups excluding tert-OH is 1. The fraction of sp³-hybridized carbons (Fsp3) is 0.455. The summed E-state index contributed by atoms with van der Waals surface area (Å²) in [7, 11) is 0. The zero-order valence-corrected chi connectivity index (χ0v) is 20.0. The lowest BCUT2D eigenvalue weighted by molar-refractivity contribution is -0.144. The first-order valence-corrected chi connectivity index (χ1v) is 11.1. The lowest BCUT2D eigenvalue weighted by Gasteiger charge is -2.26. The van der Waals surface area contributed by atoms with Crippen molar-refractivity contribution in [2.24, 2.45) is 17.2 Å². The molecule has 1 rings (SSSR count). The molecule has 0 heterocycles. The number of hydrogen-bond acceptors (Lipinski definition) is 9. The van der Waals surface area contributed by atoms with Gasteiger partial charge < -0.3 is 48.5 Å². The minimum atomic E-state index is -1.72. The topological polar surface area (TPSA) is 277 Å². The van der Waals surface area contributed by atoms with Crippen LogP contribution in [-0.2, 0) is 35.2 Å². The van der Waals surface area contributed by atoms with Crippen molar-refractivity contribution >= 4 is 35.5 Å². The predicted molar refractivity (Wildman–Crippen MR) is 127 cm³/mol. The van der Waals surface area contributed by atoms with Crippen molar-refractivity contribution in [3.05, 3.63) is 29.8 Å². The van der Waals surface area contributed by atoms with E-state index < -0.39 is 72.2 Å². The molecular weight excluding hydrogens is 492 g/mol. The maximum atomic E-state index is 12.9. The molecule has 0 radical (unpaired) electrons. The second kappa shape index (κ2) is 14.4. The smallest absolute Gasteiger partial charge is 0.326 e. The number of nitrogens with two attached hydrogens (primary N) is 3. The van der Waals surface area contributed by atoms with Crippen LogP contribution in [0.1, 0.15) is 31.7 Å². The number of benzene rings is 1. The van der Waals surface area contributed by atoms with E-state index in [0.717, 1.165) is 6.92 Å². The van der Waals surface area contributed by atoms with Crippen LogP contribution in [0, 0.1) is 0 Å². The van der Waals surface area contributed by atoms with Gasteiger partial charge in [-0.1, -0.05) is 12.1 Å². The minimum absolute atomic E-state index is 0.0194. The van der Waals surface area contributed by atoms with Crippen molar-refractivity contribution in [2.75, 3.05) is 0 Å². The molecule has 0 saturated carbocycles. The third-order valence-electron chi connectivity index (χ3n) is 5.12. The Bertz CT molecular complexity index is 999. The maximum Gasteiger partial charge on any atom is 0.326 e. The van der Waals surface area contributed by atoms with Crippen LogP contribution < -0.4 is 33.2 Å². The van der Waals surface area contributed by atoms with Crippen molar-refractivity contribution < 1.29 is 44.1 Å². The highest BCUT2D eigenvalue weighted by Gasteiger charge is 2.33. The zero-order chi connectivity index (χ0) is 28.3. The Morgan fingerprint density at radius 2 is 1.43 bits per heavy atom. The number of carboxylic acids is 1. The van der Waals surface area contributed by atoms with E-state index in [4.69, 9.17) is 22.3 Å². The van der Waals surface area contributed by atoms with Gasteiger partial charge in [-0.25, -0.2) is 4.79 Å². The molecule has 0 aliphatic carbocycles. The minimum Gasteiger partial charge on any atom is -0.508 e. The Labute approximate surface area is 211 Å². The Hall–Kier alpha value is -4.24. The van der Waals surface area contributed by atoms with Crippen LogP contribution >= 0.6 is 0 Å². The van der Waals surface area contributed by atoms with Gasteiger partial charge in [-0.2, -0.15) is 0 Å². The number of aliphatic hydroxyl groups is 1. The fourth-order valence-electron chi connectivity index (χ4n) is 3.13. The first-order valence-electron chi connectivity index (χ1n) is 11.1. The molecule has 5 unspecified atom stereocenters. The molecule has 5 atom stereocenters. The number of hydrogen-bond donors (Lipinski definition) is 9. The number of aromatic hydroxyl groups is 1. The number of nitrogens with one attached hydrogen (secondary N) is 3. The Kier molecular flexibility index (Phi) is 11.9. The SMILES string of the molecule is CC(O)C(NC(=O)C(CCC(N)=O)NC(=O)C(N)Cc1ccc(O)cc1)C(=O)NC(CC(N)=O)C(=O)O. The van der Waals surface area contributed by atoms with Gasteiger partial charge in [0.15, 0.2) is 0 Å². The van der Waals surface area contributed by atoms with E-state index >= 15 is 0 Å². The third kappa shape index (κ3) is 10.9. The molecule has 15 nitrogen and oxygen atoms in total. The van der Waals surface area contributed by atoms with Crippen LogP contribution in [0.3, 0.4) is 0 Å². The summed E-state index contributed by atoms with van der Waals surface area (Å²) in [5.74, 6) is -6.24. The second-order valence-corrected chi connectivity index (χ2v) is 8.34. The highest BCUT2D eigenvalue weighted by molar-refractivity contribution is 5.95. The summed E-state index contributed by atoms with van der Waals surface area (Å²) in [5.41, 5.74) is 16.7. The van der Waals surface area contributed by atoms with Crippen LogP contribution in [0.25, 0.3) is 0 Å². The second-order valence-electron chi connectivity index (χ2n) is 8.34. The first kappa shape index (κ1) is 30.8. The van der Waals surface area contributed by atoms with Crippen molar-refractivity contribution in [3.63, 3.8) is 0 Å². The Balaban J connectivity index is 2.97. The van der Waals surface area contributed by atoms with Crippen LogP contribution in [-0.4, -0.2) is 81.1 Å². The molecule has 5 amide bonds. The summed E-state index contributed by atoms with van der Waals surface area (Å²) in [6.45, 7) is 1.14. The molecule has 1 aromatic carbocycles. The largest absolute Gasteiger partial charge is 0.508 e. The van der Waals surface area contributed by atoms with Gasteiger partial charge in [0.1, 0.15) is 23.9 Å². The molecule has 12 N–H and O–H groups in total. The summed E-state index contributed by atoms with van der Waals surface area (Å²) in [5, 5.41) is 35.1. The number of rotatable bonds is 15. The van der Waals surface area contributed by atoms with E-state index in [1.165, 1.54) is 12.1 Å². The quantitative estimate of drug-likeness (QED) is 0.108. The number of carboxylic acid groups (broad SMARTS) is 1. The van der Waals surface area contributed by atoms with E-state index in [2.05, 4.69) is 10.6 Å². The summed E-state index contributed by atoms with van der Waals surface area (Å²) in [6, 6.07) is -0.0316. The van der Waals surface area contributed by atoms with E-state index in [-0.39, 0.29) is 25.0 Å². The number of aliphatic carboxylic acids is 1. The summed E-state index contributed by atoms with van der Waals surface area (Å²) in [4.78, 5) is 71.7. The molecule has 204 valence electrons. The van der Waals surface area contributed by atoms with Gasteiger partial charge in [-0.05, 0) is 37.5 Å². The average molecular weight is 525 g/mol. The molecule has 0 fully saturated rings. The van der Waals surface area contributed by atoms with Crippen molar-refractivity contribution in [1.29, 1.82) is 0 Å². The predicted octanol–water partition coefficient (Wildman–Crippen LogP) is -3.68. The number of phenolic OH excluding ortho intramolecular Hbond substituents is 1. The number of primary amides is 2. The molecule has 0 aliphatic rings. The van der Waals surface area contributed by atoms with Gasteiger partial charge in [-0.3, -0.25) is 24.0 Å². The van der Waals surface area contributed by atoms with Gasteiger partial charge >= 0.3 is 5.97 Å². The van der Waals surface area contributed by atoms with Gasteiger partial charge in [0, 0.05) is 6.42 Å². The summed E-state index contributed by atoms with van der Waals surface area (Å²) >= 11 is 0. The highest BCUT2D eigenvalue weighted by Crippen LogP contribution is 2.11. The summed E-state index contributed by atoms with van der Waals surface area (Å²) < 4.78 is 0. The number of carbonyl (C=O) groups excluding carboxylic acids is 5. The molecule has 0 saturated heterocycles. The molecule has 0 aromatic heterocycles. The molecule has 37 heavy (non-hydrogen) atoms. The van der Waals surface area contributed by atoms with Gasteiger partial charge in [0.2, 0.25) is 29.5 Å². The van der Waals surface area contributed by atoms with Crippen LogP contribution in [0.5, 0.6) is 5.75 Å². The Morgan fingerprint density at radius 1 is 0.865 bits per heavy atom. The van der Waals surface area contributed by atoms with E-state index in [0.29, 0.717) is 5.56 Å². The molecule has 0 aliphatic heterocycles. The lowest BCUT2D eigenvalue weighted by Crippen LogP contribution is -2.60. The van der Waals surface area contributed by atoms with Crippen molar-refractivity contribution in [2.45, 2.75) is 62.9 Å². The van der Waals surface area contributed by atoms with E-state index in [1.807, 2.05) is 5.32 Å². The molecule has 0 bridgehead atoms. The first-order chi connectivity index (χ1) is 17.2. The Morgan fingerprint density at radius 3 is 1.92 bits per heavy atom. The monoisotopic (exact) mass is 524 g/mol. The van der Waals surface area contributed by atoms with Gasteiger partial charge in [0.05, 0.1) is 18.6 Å². The van der Waals surface area contributed by atoms with Gasteiger partial charge in [-0.15, -0.1) is 0 Å².